The number of benzene rings is 2. The van der Waals surface area contributed by atoms with Gasteiger partial charge in [-0.2, -0.15) is 0 Å². The van der Waals surface area contributed by atoms with Gasteiger partial charge in [0.05, 0.1) is 11.0 Å². The summed E-state index contributed by atoms with van der Waals surface area (Å²) in [7, 11) is 0. The standard InChI is InChI=1S/C34H51N3O/c1-3-4-5-6-7-8-9-10-11-12-13-14-15-20-28-37-32-25-19-18-24-31(32)36-33(37)26-21-27-35-34(38)30-23-17-16-22-29(30)2/h16-19,22-25H,3-15,20-21,26-28H2,1-2H3,(H,35,38). The Morgan fingerprint density at radius 3 is 1.97 bits per heavy atom. The number of imidazole rings is 1. The molecule has 3 rings (SSSR count). The Morgan fingerprint density at radius 2 is 1.32 bits per heavy atom. The van der Waals surface area contributed by atoms with Crippen LogP contribution >= 0.6 is 0 Å². The van der Waals surface area contributed by atoms with E-state index >= 15 is 0 Å². The number of nitrogens with zero attached hydrogens (tertiary/aromatic N) is 2. The maximum absolute atomic E-state index is 12.5. The summed E-state index contributed by atoms with van der Waals surface area (Å²) in [6.07, 6.45) is 21.1. The number of carbonyl (C=O) groups is 1. The summed E-state index contributed by atoms with van der Waals surface area (Å²) >= 11 is 0. The van der Waals surface area contributed by atoms with Crippen molar-refractivity contribution in [3.05, 3.63) is 65.5 Å². The molecule has 1 N–H and O–H groups in total. The highest BCUT2D eigenvalue weighted by Gasteiger charge is 2.11. The Balaban J connectivity index is 1.32. The molecule has 0 fully saturated rings. The van der Waals surface area contributed by atoms with Crippen molar-refractivity contribution in [3.8, 4) is 0 Å². The molecule has 0 unspecified atom stereocenters. The van der Waals surface area contributed by atoms with Crippen molar-refractivity contribution >= 4 is 16.9 Å². The molecule has 0 radical (unpaired) electrons. The zero-order valence-corrected chi connectivity index (χ0v) is 24.1. The van der Waals surface area contributed by atoms with Gasteiger partial charge < -0.3 is 9.88 Å². The van der Waals surface area contributed by atoms with Crippen LogP contribution in [0.2, 0.25) is 0 Å². The van der Waals surface area contributed by atoms with Crippen LogP contribution in [0.1, 0.15) is 125 Å². The lowest BCUT2D eigenvalue weighted by atomic mass is 10.0. The van der Waals surface area contributed by atoms with E-state index in [9.17, 15) is 4.79 Å². The molecule has 0 saturated heterocycles. The monoisotopic (exact) mass is 517 g/mol. The van der Waals surface area contributed by atoms with Crippen LogP contribution in [-0.2, 0) is 13.0 Å². The molecule has 1 aromatic heterocycles. The normalized spacial score (nSPS) is 11.3. The third kappa shape index (κ3) is 10.3. The smallest absolute Gasteiger partial charge is 0.251 e. The van der Waals surface area contributed by atoms with Crippen LogP contribution in [0, 0.1) is 6.92 Å². The van der Waals surface area contributed by atoms with Gasteiger partial charge in [-0.3, -0.25) is 4.79 Å². The van der Waals surface area contributed by atoms with Gasteiger partial charge in [0, 0.05) is 25.1 Å². The average molecular weight is 518 g/mol. The number of hydrogen-bond donors (Lipinski definition) is 1. The molecule has 0 spiro atoms. The molecule has 2 aromatic carbocycles. The van der Waals surface area contributed by atoms with E-state index in [0.717, 1.165) is 41.9 Å². The molecule has 4 nitrogen and oxygen atoms in total. The molecular formula is C34H51N3O. The summed E-state index contributed by atoms with van der Waals surface area (Å²) in [5.41, 5.74) is 4.09. The van der Waals surface area contributed by atoms with Crippen molar-refractivity contribution in [2.45, 2.75) is 123 Å². The molecule has 0 aliphatic rings. The quantitative estimate of drug-likeness (QED) is 0.152. The molecular weight excluding hydrogens is 466 g/mol. The number of aryl methyl sites for hydroxylation is 3. The molecule has 3 aromatic rings. The molecule has 0 aliphatic heterocycles. The van der Waals surface area contributed by atoms with Crippen molar-refractivity contribution < 1.29 is 4.79 Å². The van der Waals surface area contributed by atoms with Crippen LogP contribution in [-0.4, -0.2) is 22.0 Å². The van der Waals surface area contributed by atoms with Crippen LogP contribution in [0.4, 0.5) is 0 Å². The first-order valence-electron chi connectivity index (χ1n) is 15.5. The summed E-state index contributed by atoms with van der Waals surface area (Å²) < 4.78 is 2.42. The highest BCUT2D eigenvalue weighted by atomic mass is 16.1. The Bertz CT molecular complexity index is 1070. The van der Waals surface area contributed by atoms with Crippen molar-refractivity contribution in [1.29, 1.82) is 0 Å². The largest absolute Gasteiger partial charge is 0.352 e. The number of aromatic nitrogens is 2. The summed E-state index contributed by atoms with van der Waals surface area (Å²) in [5, 5.41) is 3.09. The number of rotatable bonds is 20. The van der Waals surface area contributed by atoms with Crippen molar-refractivity contribution in [1.82, 2.24) is 14.9 Å². The zero-order chi connectivity index (χ0) is 26.8. The van der Waals surface area contributed by atoms with Gasteiger partial charge in [-0.15, -0.1) is 0 Å². The summed E-state index contributed by atoms with van der Waals surface area (Å²) in [4.78, 5) is 17.4. The van der Waals surface area contributed by atoms with Gasteiger partial charge in [0.15, 0.2) is 0 Å². The van der Waals surface area contributed by atoms with E-state index in [2.05, 4.69) is 41.1 Å². The van der Waals surface area contributed by atoms with Gasteiger partial charge in [0.2, 0.25) is 0 Å². The molecule has 208 valence electrons. The minimum Gasteiger partial charge on any atom is -0.352 e. The number of fused-ring (bicyclic) bond motifs is 1. The van der Waals surface area contributed by atoms with E-state index in [4.69, 9.17) is 4.98 Å². The molecule has 38 heavy (non-hydrogen) atoms. The third-order valence-corrected chi connectivity index (χ3v) is 7.72. The lowest BCUT2D eigenvalue weighted by Gasteiger charge is -2.10. The van der Waals surface area contributed by atoms with Crippen LogP contribution in [0.3, 0.4) is 0 Å². The summed E-state index contributed by atoms with van der Waals surface area (Å²) in [6, 6.07) is 16.2. The van der Waals surface area contributed by atoms with Gasteiger partial charge in [-0.25, -0.2) is 4.98 Å². The fourth-order valence-corrected chi connectivity index (χ4v) is 5.40. The Kier molecular flexibility index (Phi) is 14.0. The molecule has 0 saturated carbocycles. The van der Waals surface area contributed by atoms with Gasteiger partial charge in [0.25, 0.3) is 5.91 Å². The predicted octanol–water partition coefficient (Wildman–Crippen LogP) is 9.19. The zero-order valence-electron chi connectivity index (χ0n) is 24.1. The number of carbonyl (C=O) groups excluding carboxylic acids is 1. The Hall–Kier alpha value is -2.62. The molecule has 4 heteroatoms. The van der Waals surface area contributed by atoms with Crippen LogP contribution < -0.4 is 5.32 Å². The highest BCUT2D eigenvalue weighted by molar-refractivity contribution is 5.95. The van der Waals surface area contributed by atoms with Gasteiger partial charge in [0.1, 0.15) is 5.82 Å². The third-order valence-electron chi connectivity index (χ3n) is 7.72. The first kappa shape index (κ1) is 29.9. The summed E-state index contributed by atoms with van der Waals surface area (Å²) in [5.74, 6) is 1.16. The second kappa shape index (κ2) is 17.8. The number of amides is 1. The van der Waals surface area contributed by atoms with Gasteiger partial charge in [-0.05, 0) is 43.5 Å². The van der Waals surface area contributed by atoms with E-state index in [1.807, 2.05) is 31.2 Å². The minimum atomic E-state index is 0.0130. The first-order valence-corrected chi connectivity index (χ1v) is 15.5. The highest BCUT2D eigenvalue weighted by Crippen LogP contribution is 2.19. The Morgan fingerprint density at radius 1 is 0.737 bits per heavy atom. The topological polar surface area (TPSA) is 46.9 Å². The molecule has 0 bridgehead atoms. The number of nitrogens with one attached hydrogen (secondary N) is 1. The maximum Gasteiger partial charge on any atom is 0.251 e. The molecule has 1 amide bonds. The number of unbranched alkanes of at least 4 members (excludes halogenated alkanes) is 13. The van der Waals surface area contributed by atoms with Gasteiger partial charge in [-0.1, -0.05) is 121 Å². The number of hydrogen-bond acceptors (Lipinski definition) is 2. The summed E-state index contributed by atoms with van der Waals surface area (Å²) in [6.45, 7) is 5.96. The van der Waals surface area contributed by atoms with Crippen LogP contribution in [0.15, 0.2) is 48.5 Å². The number of para-hydroxylation sites is 2. The maximum atomic E-state index is 12.5. The second-order valence-corrected chi connectivity index (χ2v) is 10.9. The first-order chi connectivity index (χ1) is 18.7. The van der Waals surface area contributed by atoms with Crippen LogP contribution in [0.5, 0.6) is 0 Å². The molecule has 0 aliphatic carbocycles. The van der Waals surface area contributed by atoms with E-state index in [-0.39, 0.29) is 5.91 Å². The van der Waals surface area contributed by atoms with Crippen LogP contribution in [0.25, 0.3) is 11.0 Å². The van der Waals surface area contributed by atoms with E-state index in [1.165, 1.54) is 95.4 Å². The lowest BCUT2D eigenvalue weighted by Crippen LogP contribution is -2.25. The lowest BCUT2D eigenvalue weighted by molar-refractivity contribution is 0.0952. The SMILES string of the molecule is CCCCCCCCCCCCCCCCn1c(CCCNC(=O)c2ccccc2C)nc2ccccc21. The molecule has 1 heterocycles. The van der Waals surface area contributed by atoms with Crippen molar-refractivity contribution in [2.24, 2.45) is 0 Å². The Labute approximate surface area is 231 Å². The fourth-order valence-electron chi connectivity index (χ4n) is 5.40. The second-order valence-electron chi connectivity index (χ2n) is 10.9. The average Bonchev–Trinajstić information content (AvgIpc) is 3.28. The predicted molar refractivity (Wildman–Crippen MR) is 162 cm³/mol. The van der Waals surface area contributed by atoms with Crippen molar-refractivity contribution in [2.75, 3.05) is 6.54 Å². The van der Waals surface area contributed by atoms with E-state index in [0.29, 0.717) is 6.54 Å². The van der Waals surface area contributed by atoms with Gasteiger partial charge >= 0.3 is 0 Å². The van der Waals surface area contributed by atoms with E-state index in [1.54, 1.807) is 0 Å². The minimum absolute atomic E-state index is 0.0130. The van der Waals surface area contributed by atoms with E-state index < -0.39 is 0 Å². The fraction of sp³-hybridized carbons (Fsp3) is 0.588. The molecule has 0 atom stereocenters. The van der Waals surface area contributed by atoms with Crippen molar-refractivity contribution in [3.63, 3.8) is 0 Å².